The smallest absolute Gasteiger partial charge is 0.319 e. The van der Waals surface area contributed by atoms with Crippen molar-refractivity contribution >= 4 is 51.5 Å². The van der Waals surface area contributed by atoms with Crippen molar-refractivity contribution in [2.75, 3.05) is 50.0 Å². The van der Waals surface area contributed by atoms with Gasteiger partial charge in [0.2, 0.25) is 5.91 Å². The summed E-state index contributed by atoms with van der Waals surface area (Å²) in [6, 6.07) is 5.15. The van der Waals surface area contributed by atoms with Crippen molar-refractivity contribution in [2.45, 2.75) is 75.9 Å². The first kappa shape index (κ1) is 31.6. The molecular weight excluding hydrogens is 633 g/mol. The van der Waals surface area contributed by atoms with Crippen LogP contribution in [0.2, 0.25) is 10.0 Å². The Kier molecular flexibility index (Phi) is 8.89. The predicted octanol–water partition coefficient (Wildman–Crippen LogP) is 6.73. The summed E-state index contributed by atoms with van der Waals surface area (Å²) < 4.78 is 37.8. The number of piperidine rings is 1. The first-order valence-corrected chi connectivity index (χ1v) is 17.3. The van der Waals surface area contributed by atoms with Crippen molar-refractivity contribution in [3.05, 3.63) is 39.6 Å². The van der Waals surface area contributed by atoms with Gasteiger partial charge in [-0.05, 0) is 93.2 Å². The minimum atomic E-state index is -0.895. The van der Waals surface area contributed by atoms with E-state index in [0.29, 0.717) is 90.7 Å². The quantitative estimate of drug-likeness (QED) is 0.298. The van der Waals surface area contributed by atoms with E-state index >= 15 is 4.39 Å². The number of carbonyl (C=O) groups is 1. The Bertz CT molecular complexity index is 1660. The van der Waals surface area contributed by atoms with Crippen LogP contribution in [0.4, 0.5) is 20.3 Å². The Morgan fingerprint density at radius 1 is 1.04 bits per heavy atom. The first-order valence-electron chi connectivity index (χ1n) is 16.5. The fraction of sp³-hybridized carbons (Fsp3) is 0.559. The number of nitrogens with zero attached hydrogens (tertiary/aromatic N) is 4. The number of carbonyl (C=O) groups excluding carboxylic acids is 1. The fourth-order valence-electron chi connectivity index (χ4n) is 8.08. The summed E-state index contributed by atoms with van der Waals surface area (Å²) >= 11 is 13.6. The molecule has 3 N–H and O–H groups in total. The average molecular weight is 674 g/mol. The number of halogens is 4. The molecule has 2 aromatic carbocycles. The third-order valence-electron chi connectivity index (χ3n) is 10.3. The van der Waals surface area contributed by atoms with Crippen LogP contribution in [-0.4, -0.2) is 71.8 Å². The summed E-state index contributed by atoms with van der Waals surface area (Å²) in [5, 5.41) is 4.21. The van der Waals surface area contributed by atoms with Crippen molar-refractivity contribution in [1.82, 2.24) is 20.2 Å². The molecule has 46 heavy (non-hydrogen) atoms. The Morgan fingerprint density at radius 3 is 2.76 bits per heavy atom. The van der Waals surface area contributed by atoms with Gasteiger partial charge in [-0.3, -0.25) is 9.69 Å². The zero-order valence-corrected chi connectivity index (χ0v) is 27.4. The monoisotopic (exact) mass is 672 g/mol. The molecule has 12 heteroatoms. The number of nitrogen functional groups attached to an aromatic ring is 1. The summed E-state index contributed by atoms with van der Waals surface area (Å²) in [6.07, 6.45) is 6.39. The van der Waals surface area contributed by atoms with Crippen molar-refractivity contribution in [2.24, 2.45) is 5.92 Å². The van der Waals surface area contributed by atoms with Crippen LogP contribution in [-0.2, 0) is 11.2 Å². The van der Waals surface area contributed by atoms with Gasteiger partial charge in [-0.25, -0.2) is 8.78 Å². The molecule has 8 nitrogen and oxygen atoms in total. The molecule has 246 valence electrons. The second-order valence-electron chi connectivity index (χ2n) is 13.5. The van der Waals surface area contributed by atoms with E-state index in [1.165, 1.54) is 0 Å². The number of amides is 1. The van der Waals surface area contributed by atoms with E-state index in [4.69, 9.17) is 38.7 Å². The Morgan fingerprint density at radius 2 is 1.89 bits per heavy atom. The molecule has 0 radical (unpaired) electrons. The number of ether oxygens (including phenoxy) is 1. The number of anilines is 2. The van der Waals surface area contributed by atoms with Crippen molar-refractivity contribution in [3.8, 4) is 17.1 Å². The number of benzene rings is 2. The van der Waals surface area contributed by atoms with Crippen LogP contribution in [0.1, 0.15) is 63.4 Å². The topological polar surface area (TPSA) is 96.6 Å². The zero-order valence-electron chi connectivity index (χ0n) is 25.9. The molecule has 5 aliphatic heterocycles. The molecular formula is C34H40Cl2F2N6O2. The highest BCUT2D eigenvalue weighted by Crippen LogP contribution is 2.44. The Labute approximate surface area is 278 Å². The molecule has 3 fully saturated rings. The number of rotatable bonds is 3. The highest BCUT2D eigenvalue weighted by Gasteiger charge is 2.49. The van der Waals surface area contributed by atoms with Crippen LogP contribution in [0.3, 0.4) is 0 Å². The van der Waals surface area contributed by atoms with E-state index in [2.05, 4.69) is 20.1 Å². The number of fused-ring (bicyclic) bond motifs is 9. The van der Waals surface area contributed by atoms with E-state index in [9.17, 15) is 9.18 Å². The molecule has 3 saturated heterocycles. The lowest BCUT2D eigenvalue weighted by Crippen LogP contribution is -2.43. The van der Waals surface area contributed by atoms with Crippen molar-refractivity contribution in [1.29, 1.82) is 0 Å². The second kappa shape index (κ2) is 12.9. The number of alkyl halides is 1. The molecule has 0 spiro atoms. The zero-order chi connectivity index (χ0) is 32.0. The van der Waals surface area contributed by atoms with Crippen LogP contribution in [0.25, 0.3) is 22.0 Å². The van der Waals surface area contributed by atoms with Gasteiger partial charge in [0.1, 0.15) is 24.1 Å². The Balaban J connectivity index is 1.36. The fourth-order valence-corrected chi connectivity index (χ4v) is 8.70. The molecule has 1 aromatic heterocycles. The van der Waals surface area contributed by atoms with E-state index in [1.54, 1.807) is 18.2 Å². The minimum Gasteiger partial charge on any atom is -0.461 e. The van der Waals surface area contributed by atoms with Crippen molar-refractivity contribution < 1.29 is 18.3 Å². The molecule has 1 amide bonds. The van der Waals surface area contributed by atoms with Gasteiger partial charge >= 0.3 is 6.01 Å². The number of nitrogens with two attached hydrogens (primary N) is 1. The van der Waals surface area contributed by atoms with Crippen LogP contribution in [0.5, 0.6) is 6.01 Å². The number of aromatic nitrogens is 2. The van der Waals surface area contributed by atoms with E-state index < -0.39 is 17.5 Å². The van der Waals surface area contributed by atoms with Gasteiger partial charge in [-0.1, -0.05) is 23.2 Å². The summed E-state index contributed by atoms with van der Waals surface area (Å²) in [5.74, 6) is 0.314. The molecule has 3 atom stereocenters. The Hall–Kier alpha value is -2.95. The highest BCUT2D eigenvalue weighted by molar-refractivity contribution is 6.35. The number of hydrogen-bond acceptors (Lipinski definition) is 7. The van der Waals surface area contributed by atoms with Gasteiger partial charge in [0.25, 0.3) is 0 Å². The lowest BCUT2D eigenvalue weighted by Gasteiger charge is -2.35. The molecule has 6 heterocycles. The standard InChI is InChI=1S/C34H40Cl2F2N6O2/c35-26-14-22(39)13-24-23(26)6-1-2-7-28(45)40-10-8-20-5-3-11-43(17-20)32-25-15-27(36)29(24)30(38)31(25)41-33(42-32)46-19-34-9-4-12-44(34)18-21(37)16-34/h13-15,20-21H,1-12,16-19,39H2,(H,40,45)/t20?,21-,34+/m1/s1. The number of hydrogen-bond donors (Lipinski definition) is 2. The summed E-state index contributed by atoms with van der Waals surface area (Å²) in [4.78, 5) is 26.4. The van der Waals surface area contributed by atoms with Crippen molar-refractivity contribution in [3.63, 3.8) is 0 Å². The summed E-state index contributed by atoms with van der Waals surface area (Å²) in [5.41, 5.74) is 7.69. The lowest BCUT2D eigenvalue weighted by molar-refractivity contribution is -0.121. The summed E-state index contributed by atoms with van der Waals surface area (Å²) in [6.45, 7) is 3.50. The molecule has 6 bridgehead atoms. The SMILES string of the molecule is Nc1cc(Cl)c2c(c1)-c1c(Cl)cc3c(nc(OC[C@@]45CCCN4C[C@H](F)C5)nc3c1F)N1CCCC(CCNC(=O)CCCC2)C1. The van der Waals surface area contributed by atoms with Crippen LogP contribution >= 0.6 is 23.2 Å². The molecule has 1 unspecified atom stereocenters. The normalized spacial score (nSPS) is 25.7. The van der Waals surface area contributed by atoms with Gasteiger partial charge in [-0.15, -0.1) is 0 Å². The molecule has 8 rings (SSSR count). The first-order chi connectivity index (χ1) is 22.2. The van der Waals surface area contributed by atoms with Crippen LogP contribution in [0, 0.1) is 11.7 Å². The lowest BCUT2D eigenvalue weighted by atomic mass is 9.92. The third-order valence-corrected chi connectivity index (χ3v) is 11.0. The van der Waals surface area contributed by atoms with Gasteiger partial charge in [0.05, 0.1) is 10.6 Å². The maximum absolute atomic E-state index is 17.0. The van der Waals surface area contributed by atoms with Crippen LogP contribution < -0.4 is 20.7 Å². The number of nitrogens with one attached hydrogen (secondary N) is 1. The predicted molar refractivity (Wildman–Crippen MR) is 178 cm³/mol. The van der Waals surface area contributed by atoms with Crippen LogP contribution in [0.15, 0.2) is 18.2 Å². The van der Waals surface area contributed by atoms with E-state index in [0.717, 1.165) is 45.2 Å². The largest absolute Gasteiger partial charge is 0.461 e. The molecule has 5 aliphatic rings. The van der Waals surface area contributed by atoms with E-state index in [1.807, 2.05) is 0 Å². The molecule has 0 aliphatic carbocycles. The maximum atomic E-state index is 17.0. The van der Waals surface area contributed by atoms with Gasteiger partial charge in [0.15, 0.2) is 5.82 Å². The summed E-state index contributed by atoms with van der Waals surface area (Å²) in [7, 11) is 0. The van der Waals surface area contributed by atoms with Gasteiger partial charge in [-0.2, -0.15) is 9.97 Å². The molecule has 0 saturated carbocycles. The highest BCUT2D eigenvalue weighted by atomic mass is 35.5. The minimum absolute atomic E-state index is 0.0299. The van der Waals surface area contributed by atoms with E-state index in [-0.39, 0.29) is 34.6 Å². The second-order valence-corrected chi connectivity index (χ2v) is 14.3. The van der Waals surface area contributed by atoms with Gasteiger partial charge in [0, 0.05) is 60.7 Å². The molecule has 3 aromatic rings. The van der Waals surface area contributed by atoms with Gasteiger partial charge < -0.3 is 20.7 Å². The average Bonchev–Trinajstić information content (AvgIpc) is 3.54. The third kappa shape index (κ3) is 6.08. The maximum Gasteiger partial charge on any atom is 0.319 e.